The van der Waals surface area contributed by atoms with Crippen LogP contribution in [0.3, 0.4) is 0 Å². The predicted molar refractivity (Wildman–Crippen MR) is 87.1 cm³/mol. The van der Waals surface area contributed by atoms with Crippen LogP contribution >= 0.6 is 0 Å². The molecular formula is C17H16F3N3O3. The lowest BCUT2D eigenvalue weighted by atomic mass is 10.2. The van der Waals surface area contributed by atoms with Gasteiger partial charge in [-0.1, -0.05) is 30.3 Å². The maximum absolute atomic E-state index is 12.7. The van der Waals surface area contributed by atoms with Crippen LogP contribution in [0.5, 0.6) is 0 Å². The molecule has 0 unspecified atom stereocenters. The second-order valence-corrected chi connectivity index (χ2v) is 5.38. The average Bonchev–Trinajstić information content (AvgIpc) is 2.59. The molecule has 9 heteroatoms. The number of urea groups is 1. The highest BCUT2D eigenvalue weighted by molar-refractivity contribution is 5.94. The molecule has 2 rings (SSSR count). The van der Waals surface area contributed by atoms with Crippen LogP contribution in [0.25, 0.3) is 0 Å². The third-order valence-corrected chi connectivity index (χ3v) is 3.45. The summed E-state index contributed by atoms with van der Waals surface area (Å²) in [5.74, 6) is -0.708. The van der Waals surface area contributed by atoms with Crippen molar-refractivity contribution in [1.82, 2.24) is 15.2 Å². The Bertz CT molecular complexity index is 832. The zero-order valence-electron chi connectivity index (χ0n) is 13.5. The number of nitrogens with zero attached hydrogens (tertiary/aromatic N) is 1. The third kappa shape index (κ3) is 5.47. The molecule has 0 saturated carbocycles. The second kappa shape index (κ2) is 8.32. The number of hydrogen-bond donors (Lipinski definition) is 2. The van der Waals surface area contributed by atoms with Crippen LogP contribution < -0.4 is 16.2 Å². The molecule has 138 valence electrons. The maximum Gasteiger partial charge on any atom is 0.421 e. The standard InChI is InChI=1S/C17H16F3N3O3/c18-17(19,20)13-7-4-9-23(15(13)25)10-8-14(24)22-16(26)21-11-12-5-2-1-3-6-12/h1-7,9H,8,10-11H2,(H2,21,22,24,26). The van der Waals surface area contributed by atoms with Crippen molar-refractivity contribution < 1.29 is 22.8 Å². The minimum absolute atomic E-state index is 0.215. The lowest BCUT2D eigenvalue weighted by Gasteiger charge is -2.10. The van der Waals surface area contributed by atoms with Crippen molar-refractivity contribution in [3.8, 4) is 0 Å². The first-order valence-electron chi connectivity index (χ1n) is 7.65. The van der Waals surface area contributed by atoms with E-state index in [2.05, 4.69) is 10.6 Å². The molecule has 1 aromatic carbocycles. The highest BCUT2D eigenvalue weighted by atomic mass is 19.4. The number of benzene rings is 1. The molecule has 0 radical (unpaired) electrons. The molecule has 0 aliphatic carbocycles. The Labute approximate surface area is 146 Å². The van der Waals surface area contributed by atoms with Gasteiger partial charge in [-0.2, -0.15) is 13.2 Å². The lowest BCUT2D eigenvalue weighted by Crippen LogP contribution is -2.39. The van der Waals surface area contributed by atoms with Crippen LogP contribution in [0.4, 0.5) is 18.0 Å². The molecule has 0 bridgehead atoms. The number of carbonyl (C=O) groups excluding carboxylic acids is 2. The number of imide groups is 1. The molecule has 1 heterocycles. The Morgan fingerprint density at radius 3 is 2.38 bits per heavy atom. The van der Waals surface area contributed by atoms with Crippen LogP contribution in [0, 0.1) is 0 Å². The lowest BCUT2D eigenvalue weighted by molar-refractivity contribution is -0.139. The highest BCUT2D eigenvalue weighted by Crippen LogP contribution is 2.25. The number of carbonyl (C=O) groups is 2. The summed E-state index contributed by atoms with van der Waals surface area (Å²) in [5.41, 5.74) is -1.70. The first-order valence-corrected chi connectivity index (χ1v) is 7.65. The first-order chi connectivity index (χ1) is 12.3. The summed E-state index contributed by atoms with van der Waals surface area (Å²) in [6, 6.07) is 10.0. The van der Waals surface area contributed by atoms with Crippen LogP contribution in [0.1, 0.15) is 17.5 Å². The fourth-order valence-corrected chi connectivity index (χ4v) is 2.16. The molecular weight excluding hydrogens is 351 g/mol. The fourth-order valence-electron chi connectivity index (χ4n) is 2.16. The zero-order chi connectivity index (χ0) is 19.2. The van der Waals surface area contributed by atoms with Crippen molar-refractivity contribution >= 4 is 11.9 Å². The van der Waals surface area contributed by atoms with E-state index in [1.54, 1.807) is 24.3 Å². The summed E-state index contributed by atoms with van der Waals surface area (Å²) in [7, 11) is 0. The van der Waals surface area contributed by atoms with Gasteiger partial charge in [0.05, 0.1) is 0 Å². The summed E-state index contributed by atoms with van der Waals surface area (Å²) in [6.07, 6.45) is -3.93. The molecule has 2 aromatic rings. The first kappa shape index (κ1) is 19.2. The van der Waals surface area contributed by atoms with Crippen molar-refractivity contribution in [1.29, 1.82) is 0 Å². The number of aromatic nitrogens is 1. The Morgan fingerprint density at radius 2 is 1.73 bits per heavy atom. The molecule has 1 aromatic heterocycles. The van der Waals surface area contributed by atoms with E-state index >= 15 is 0 Å². The SMILES string of the molecule is O=C(CCn1cccc(C(F)(F)F)c1=O)NC(=O)NCc1ccccc1. The molecule has 2 N–H and O–H groups in total. The van der Waals surface area contributed by atoms with Gasteiger partial charge in [-0.15, -0.1) is 0 Å². The minimum Gasteiger partial charge on any atom is -0.334 e. The van der Waals surface area contributed by atoms with Gasteiger partial charge in [-0.05, 0) is 17.7 Å². The van der Waals surface area contributed by atoms with Gasteiger partial charge in [0, 0.05) is 25.7 Å². The topological polar surface area (TPSA) is 80.2 Å². The predicted octanol–water partition coefficient (Wildman–Crippen LogP) is 2.28. The van der Waals surface area contributed by atoms with Crippen LogP contribution in [0.2, 0.25) is 0 Å². The largest absolute Gasteiger partial charge is 0.421 e. The van der Waals surface area contributed by atoms with Gasteiger partial charge in [0.1, 0.15) is 5.56 Å². The minimum atomic E-state index is -4.76. The van der Waals surface area contributed by atoms with E-state index in [0.717, 1.165) is 22.4 Å². The Balaban J connectivity index is 1.85. The van der Waals surface area contributed by atoms with Crippen molar-refractivity contribution in [3.63, 3.8) is 0 Å². The van der Waals surface area contributed by atoms with Crippen molar-refractivity contribution in [2.45, 2.75) is 25.7 Å². The van der Waals surface area contributed by atoms with E-state index in [0.29, 0.717) is 6.07 Å². The van der Waals surface area contributed by atoms with Crippen molar-refractivity contribution in [2.75, 3.05) is 0 Å². The number of nitrogens with one attached hydrogen (secondary N) is 2. The van der Waals surface area contributed by atoms with E-state index in [4.69, 9.17) is 0 Å². The summed E-state index contributed by atoms with van der Waals surface area (Å²) in [4.78, 5) is 35.1. The number of rotatable bonds is 5. The molecule has 26 heavy (non-hydrogen) atoms. The zero-order valence-corrected chi connectivity index (χ0v) is 13.5. The van der Waals surface area contributed by atoms with Gasteiger partial charge in [0.2, 0.25) is 5.91 Å². The van der Waals surface area contributed by atoms with E-state index in [1.165, 1.54) is 0 Å². The number of aryl methyl sites for hydroxylation is 1. The Hall–Kier alpha value is -3.10. The molecule has 0 aliphatic rings. The Morgan fingerprint density at radius 1 is 1.04 bits per heavy atom. The summed E-state index contributed by atoms with van der Waals surface area (Å²) < 4.78 is 38.8. The summed E-state index contributed by atoms with van der Waals surface area (Å²) in [5, 5.41) is 4.54. The number of alkyl halides is 3. The van der Waals surface area contributed by atoms with Crippen molar-refractivity contribution in [3.05, 3.63) is 70.1 Å². The number of halogens is 3. The normalized spacial score (nSPS) is 11.0. The highest BCUT2D eigenvalue weighted by Gasteiger charge is 2.34. The van der Waals surface area contributed by atoms with E-state index < -0.39 is 29.2 Å². The van der Waals surface area contributed by atoms with Gasteiger partial charge in [0.15, 0.2) is 0 Å². The quantitative estimate of drug-likeness (QED) is 0.851. The molecule has 0 aliphatic heterocycles. The number of amides is 3. The van der Waals surface area contributed by atoms with Gasteiger partial charge in [-0.3, -0.25) is 14.9 Å². The molecule has 3 amide bonds. The van der Waals surface area contributed by atoms with Crippen molar-refractivity contribution in [2.24, 2.45) is 0 Å². The molecule has 0 saturated heterocycles. The van der Waals surface area contributed by atoms with Gasteiger partial charge < -0.3 is 9.88 Å². The number of pyridine rings is 1. The van der Waals surface area contributed by atoms with Crippen LogP contribution in [-0.4, -0.2) is 16.5 Å². The molecule has 6 nitrogen and oxygen atoms in total. The van der Waals surface area contributed by atoms with E-state index in [9.17, 15) is 27.6 Å². The fraction of sp³-hybridized carbons (Fsp3) is 0.235. The molecule has 0 fully saturated rings. The smallest absolute Gasteiger partial charge is 0.334 e. The Kier molecular flexibility index (Phi) is 6.16. The maximum atomic E-state index is 12.7. The van der Waals surface area contributed by atoms with Crippen LogP contribution in [-0.2, 0) is 24.1 Å². The molecule has 0 atom stereocenters. The second-order valence-electron chi connectivity index (χ2n) is 5.38. The monoisotopic (exact) mass is 367 g/mol. The number of hydrogen-bond acceptors (Lipinski definition) is 3. The van der Waals surface area contributed by atoms with Gasteiger partial charge in [0.25, 0.3) is 5.56 Å². The van der Waals surface area contributed by atoms with E-state index in [1.807, 2.05) is 6.07 Å². The van der Waals surface area contributed by atoms with Gasteiger partial charge in [-0.25, -0.2) is 4.79 Å². The average molecular weight is 367 g/mol. The van der Waals surface area contributed by atoms with Gasteiger partial charge >= 0.3 is 12.2 Å². The molecule has 0 spiro atoms. The summed E-state index contributed by atoms with van der Waals surface area (Å²) in [6.45, 7) is -0.0619. The van der Waals surface area contributed by atoms with Crippen LogP contribution in [0.15, 0.2) is 53.5 Å². The van der Waals surface area contributed by atoms with E-state index in [-0.39, 0.29) is 19.5 Å². The third-order valence-electron chi connectivity index (χ3n) is 3.45. The summed E-state index contributed by atoms with van der Waals surface area (Å²) >= 11 is 0.